The summed E-state index contributed by atoms with van der Waals surface area (Å²) in [6.45, 7) is 0. The molecule has 0 radical (unpaired) electrons. The summed E-state index contributed by atoms with van der Waals surface area (Å²) < 4.78 is 47.4. The van der Waals surface area contributed by atoms with Gasteiger partial charge in [-0.1, -0.05) is 23.7 Å². The van der Waals surface area contributed by atoms with Gasteiger partial charge in [-0.3, -0.25) is 9.97 Å². The van der Waals surface area contributed by atoms with Gasteiger partial charge in [-0.2, -0.15) is 13.2 Å². The summed E-state index contributed by atoms with van der Waals surface area (Å²) in [5, 5.41) is 1.67. The standard InChI is InChI=1S/C22H15ClF3N3OS/c1-30-20-12-27-8-7-19(20)29-31-15-3-5-16-13(10-15)6-9-28-21(16)17-4-2-14(11-18(17)23)22(24,25)26/h2-12H,1H3,(H,27,29). The van der Waals surface area contributed by atoms with Crippen LogP contribution in [0.2, 0.25) is 5.02 Å². The Bertz CT molecular complexity index is 1250. The molecule has 0 saturated heterocycles. The monoisotopic (exact) mass is 461 g/mol. The molecular formula is C22H15ClF3N3OS. The Morgan fingerprint density at radius 2 is 1.87 bits per heavy atom. The second kappa shape index (κ2) is 8.64. The predicted octanol–water partition coefficient (Wildman–Crippen LogP) is 7.10. The number of nitrogens with zero attached hydrogens (tertiary/aromatic N) is 2. The second-order valence-electron chi connectivity index (χ2n) is 6.51. The van der Waals surface area contributed by atoms with Crippen molar-refractivity contribution in [3.8, 4) is 17.0 Å². The van der Waals surface area contributed by atoms with Crippen LogP contribution in [-0.2, 0) is 6.18 Å². The number of anilines is 1. The molecule has 4 rings (SSSR count). The first-order valence-electron chi connectivity index (χ1n) is 9.03. The van der Waals surface area contributed by atoms with Crippen molar-refractivity contribution in [1.29, 1.82) is 0 Å². The van der Waals surface area contributed by atoms with Gasteiger partial charge in [0.05, 0.1) is 35.3 Å². The number of benzene rings is 2. The number of rotatable bonds is 5. The van der Waals surface area contributed by atoms with Crippen LogP contribution in [0.1, 0.15) is 5.56 Å². The van der Waals surface area contributed by atoms with Crippen LogP contribution in [0.5, 0.6) is 5.75 Å². The van der Waals surface area contributed by atoms with Crippen LogP contribution in [-0.4, -0.2) is 17.1 Å². The van der Waals surface area contributed by atoms with E-state index in [2.05, 4.69) is 14.7 Å². The van der Waals surface area contributed by atoms with E-state index < -0.39 is 11.7 Å². The zero-order chi connectivity index (χ0) is 22.0. The molecule has 158 valence electrons. The van der Waals surface area contributed by atoms with Crippen LogP contribution in [0.25, 0.3) is 22.0 Å². The zero-order valence-electron chi connectivity index (χ0n) is 16.1. The quantitative estimate of drug-likeness (QED) is 0.321. The lowest BCUT2D eigenvalue weighted by atomic mass is 10.0. The summed E-state index contributed by atoms with van der Waals surface area (Å²) in [6, 6.07) is 12.7. The summed E-state index contributed by atoms with van der Waals surface area (Å²) in [7, 11) is 1.57. The smallest absolute Gasteiger partial charge is 0.416 e. The average molecular weight is 462 g/mol. The number of ether oxygens (including phenoxy) is 1. The topological polar surface area (TPSA) is 47.0 Å². The van der Waals surface area contributed by atoms with Crippen LogP contribution in [0.3, 0.4) is 0 Å². The van der Waals surface area contributed by atoms with E-state index in [0.717, 1.165) is 33.5 Å². The molecule has 2 aromatic heterocycles. The van der Waals surface area contributed by atoms with Gasteiger partial charge in [0.15, 0.2) is 5.75 Å². The summed E-state index contributed by atoms with van der Waals surface area (Å²) >= 11 is 7.57. The number of nitrogens with one attached hydrogen (secondary N) is 1. The Morgan fingerprint density at radius 1 is 1.03 bits per heavy atom. The number of hydrogen-bond acceptors (Lipinski definition) is 5. The van der Waals surface area contributed by atoms with Gasteiger partial charge in [0.1, 0.15) is 0 Å². The van der Waals surface area contributed by atoms with Gasteiger partial charge in [0.25, 0.3) is 0 Å². The molecule has 0 saturated carbocycles. The maximum atomic E-state index is 12.9. The van der Waals surface area contributed by atoms with Crippen molar-refractivity contribution in [1.82, 2.24) is 9.97 Å². The molecule has 9 heteroatoms. The number of halogens is 4. The molecule has 0 unspecified atom stereocenters. The summed E-state index contributed by atoms with van der Waals surface area (Å²) in [5.74, 6) is 0.624. The minimum Gasteiger partial charge on any atom is -0.493 e. The summed E-state index contributed by atoms with van der Waals surface area (Å²) in [6.07, 6.45) is 0.441. The molecule has 0 fully saturated rings. The molecule has 1 N–H and O–H groups in total. The second-order valence-corrected chi connectivity index (χ2v) is 7.80. The number of fused-ring (bicyclic) bond motifs is 1. The lowest BCUT2D eigenvalue weighted by Gasteiger charge is -2.12. The lowest BCUT2D eigenvalue weighted by molar-refractivity contribution is -0.137. The maximum Gasteiger partial charge on any atom is 0.416 e. The number of alkyl halides is 3. The molecule has 4 aromatic rings. The number of pyridine rings is 2. The molecule has 31 heavy (non-hydrogen) atoms. The Balaban J connectivity index is 1.65. The van der Waals surface area contributed by atoms with Gasteiger partial charge < -0.3 is 9.46 Å². The SMILES string of the molecule is COc1cnccc1NSc1ccc2c(-c3ccc(C(F)(F)F)cc3Cl)nccc2c1. The van der Waals surface area contributed by atoms with Crippen LogP contribution >= 0.6 is 23.5 Å². The fraction of sp³-hybridized carbons (Fsp3) is 0.0909. The van der Waals surface area contributed by atoms with Crippen molar-refractivity contribution in [2.24, 2.45) is 0 Å². The first kappa shape index (κ1) is 21.3. The van der Waals surface area contributed by atoms with E-state index in [4.69, 9.17) is 16.3 Å². The Morgan fingerprint density at radius 3 is 2.61 bits per heavy atom. The highest BCUT2D eigenvalue weighted by Crippen LogP contribution is 2.38. The van der Waals surface area contributed by atoms with E-state index in [1.54, 1.807) is 25.7 Å². The van der Waals surface area contributed by atoms with E-state index in [-0.39, 0.29) is 5.02 Å². The van der Waals surface area contributed by atoms with Gasteiger partial charge in [0.2, 0.25) is 0 Å². The molecule has 0 aliphatic rings. The Labute approximate surface area is 185 Å². The zero-order valence-corrected chi connectivity index (χ0v) is 17.6. The Hall–Kier alpha value is -2.97. The Kier molecular flexibility index (Phi) is 5.93. The van der Waals surface area contributed by atoms with Gasteiger partial charge in [-0.05, 0) is 53.7 Å². The fourth-order valence-corrected chi connectivity index (χ4v) is 4.05. The third-order valence-electron chi connectivity index (χ3n) is 4.57. The predicted molar refractivity (Wildman–Crippen MR) is 117 cm³/mol. The fourth-order valence-electron chi connectivity index (χ4n) is 3.06. The minimum atomic E-state index is -4.45. The van der Waals surface area contributed by atoms with Gasteiger partial charge in [-0.15, -0.1) is 0 Å². The molecule has 0 aliphatic carbocycles. The number of aromatic nitrogens is 2. The first-order valence-corrected chi connectivity index (χ1v) is 10.2. The van der Waals surface area contributed by atoms with Crippen molar-refractivity contribution in [2.45, 2.75) is 11.1 Å². The normalized spacial score (nSPS) is 11.5. The van der Waals surface area contributed by atoms with Crippen LogP contribution in [0, 0.1) is 0 Å². The highest BCUT2D eigenvalue weighted by molar-refractivity contribution is 8.00. The molecule has 0 spiro atoms. The van der Waals surface area contributed by atoms with Crippen molar-refractivity contribution >= 4 is 40.0 Å². The van der Waals surface area contributed by atoms with Crippen molar-refractivity contribution < 1.29 is 17.9 Å². The minimum absolute atomic E-state index is 0.000254. The highest BCUT2D eigenvalue weighted by atomic mass is 35.5. The van der Waals surface area contributed by atoms with Gasteiger partial charge in [-0.25, -0.2) is 0 Å². The molecular weight excluding hydrogens is 447 g/mol. The summed E-state index contributed by atoms with van der Waals surface area (Å²) in [5.41, 5.74) is 0.962. The molecule has 0 atom stereocenters. The third kappa shape index (κ3) is 4.55. The average Bonchev–Trinajstić information content (AvgIpc) is 2.76. The van der Waals surface area contributed by atoms with Gasteiger partial charge >= 0.3 is 6.18 Å². The van der Waals surface area contributed by atoms with Crippen LogP contribution < -0.4 is 9.46 Å². The molecule has 2 aromatic carbocycles. The van der Waals surface area contributed by atoms with E-state index in [9.17, 15) is 13.2 Å². The first-order chi connectivity index (χ1) is 14.9. The largest absolute Gasteiger partial charge is 0.493 e. The molecule has 4 nitrogen and oxygen atoms in total. The lowest BCUT2D eigenvalue weighted by Crippen LogP contribution is -2.04. The third-order valence-corrected chi connectivity index (χ3v) is 5.70. The molecule has 0 bridgehead atoms. The van der Waals surface area contributed by atoms with Crippen molar-refractivity contribution in [3.63, 3.8) is 0 Å². The van der Waals surface area contributed by atoms with Crippen molar-refractivity contribution in [3.05, 3.63) is 77.7 Å². The van der Waals surface area contributed by atoms with Crippen LogP contribution in [0.15, 0.2) is 72.0 Å². The van der Waals surface area contributed by atoms with Gasteiger partial charge in [0, 0.05) is 28.2 Å². The maximum absolute atomic E-state index is 12.9. The molecule has 2 heterocycles. The molecule has 0 amide bonds. The summed E-state index contributed by atoms with van der Waals surface area (Å²) in [4.78, 5) is 9.32. The number of hydrogen-bond donors (Lipinski definition) is 1. The molecule has 0 aliphatic heterocycles. The van der Waals surface area contributed by atoms with E-state index in [0.29, 0.717) is 17.0 Å². The van der Waals surface area contributed by atoms with E-state index in [1.165, 1.54) is 18.0 Å². The number of methoxy groups -OCH3 is 1. The van der Waals surface area contributed by atoms with E-state index in [1.807, 2.05) is 30.3 Å². The van der Waals surface area contributed by atoms with Crippen molar-refractivity contribution in [2.75, 3.05) is 11.8 Å². The van der Waals surface area contributed by atoms with E-state index >= 15 is 0 Å². The highest BCUT2D eigenvalue weighted by Gasteiger charge is 2.31. The van der Waals surface area contributed by atoms with Crippen LogP contribution in [0.4, 0.5) is 18.9 Å².